The van der Waals surface area contributed by atoms with Crippen LogP contribution in [0.1, 0.15) is 11.3 Å². The first-order valence-corrected chi connectivity index (χ1v) is 12.5. The summed E-state index contributed by atoms with van der Waals surface area (Å²) in [5, 5.41) is 26.8. The Morgan fingerprint density at radius 2 is 1.97 bits per heavy atom. The Bertz CT molecular complexity index is 1470. The van der Waals surface area contributed by atoms with Crippen LogP contribution in [0.25, 0.3) is 0 Å². The van der Waals surface area contributed by atoms with Gasteiger partial charge in [0.15, 0.2) is 0 Å². The maximum absolute atomic E-state index is 13.1. The average molecular weight is 514 g/mol. The summed E-state index contributed by atoms with van der Waals surface area (Å²) in [7, 11) is -8.37. The molecule has 0 amide bonds. The molecular weight excluding hydrogens is 498 g/mol. The molecule has 0 unspecified atom stereocenters. The Labute approximate surface area is 193 Å². The van der Waals surface area contributed by atoms with E-state index in [1.807, 2.05) is 0 Å². The second-order valence-electron chi connectivity index (χ2n) is 7.07. The Hall–Kier alpha value is -3.11. The van der Waals surface area contributed by atoms with E-state index in [-0.39, 0.29) is 46.7 Å². The number of halogens is 1. The average Bonchev–Trinajstić information content (AvgIpc) is 3.16. The zero-order valence-electron chi connectivity index (χ0n) is 16.6. The molecule has 174 valence electrons. The fourth-order valence-corrected chi connectivity index (χ4v) is 5.97. The zero-order chi connectivity index (χ0) is 24.0. The second kappa shape index (κ2) is 8.35. The summed E-state index contributed by atoms with van der Waals surface area (Å²) in [5.41, 5.74) is 0.762. The Morgan fingerprint density at radius 3 is 2.67 bits per heavy atom. The largest absolute Gasteiger partial charge is 0.370 e. The van der Waals surface area contributed by atoms with Crippen molar-refractivity contribution in [1.29, 1.82) is 0 Å². The van der Waals surface area contributed by atoms with Crippen LogP contribution in [0, 0.1) is 10.1 Å². The van der Waals surface area contributed by atoms with E-state index in [1.165, 1.54) is 23.0 Å². The molecule has 3 aromatic rings. The van der Waals surface area contributed by atoms with Gasteiger partial charge in [0.05, 0.1) is 52.8 Å². The van der Waals surface area contributed by atoms with Gasteiger partial charge < -0.3 is 5.32 Å². The monoisotopic (exact) mass is 513 g/mol. The second-order valence-corrected chi connectivity index (χ2v) is 10.9. The SMILES string of the molecule is NS(=O)(=O)c1cc2c(cc1Cl)NCN(Cc1cn(Cc3ccccc3[N+](=O)[O-])nn1)S2(=O)=O. The molecule has 0 bridgehead atoms. The van der Waals surface area contributed by atoms with Crippen molar-refractivity contribution in [2.45, 2.75) is 22.9 Å². The first-order chi connectivity index (χ1) is 15.5. The fourth-order valence-electron chi connectivity index (χ4n) is 3.31. The highest BCUT2D eigenvalue weighted by Crippen LogP contribution is 2.35. The number of para-hydroxylation sites is 1. The third-order valence-corrected chi connectivity index (χ3v) is 8.06. The van der Waals surface area contributed by atoms with Crippen molar-refractivity contribution in [2.24, 2.45) is 5.14 Å². The van der Waals surface area contributed by atoms with E-state index < -0.39 is 29.9 Å². The van der Waals surface area contributed by atoms with Gasteiger partial charge in [0.25, 0.3) is 5.69 Å². The molecule has 1 aliphatic heterocycles. The molecule has 0 saturated heterocycles. The predicted octanol–water partition coefficient (Wildman–Crippen LogP) is 1.11. The van der Waals surface area contributed by atoms with E-state index in [9.17, 15) is 26.9 Å². The molecule has 2 heterocycles. The van der Waals surface area contributed by atoms with Gasteiger partial charge in [-0.05, 0) is 12.1 Å². The number of nitrogens with one attached hydrogen (secondary N) is 1. The smallest absolute Gasteiger partial charge is 0.274 e. The summed E-state index contributed by atoms with van der Waals surface area (Å²) in [4.78, 5) is 9.88. The molecular formula is C17H16ClN7O6S2. The number of benzene rings is 2. The molecule has 33 heavy (non-hydrogen) atoms. The van der Waals surface area contributed by atoms with Gasteiger partial charge in [-0.2, -0.15) is 4.31 Å². The number of aromatic nitrogens is 3. The lowest BCUT2D eigenvalue weighted by Crippen LogP contribution is -2.39. The quantitative estimate of drug-likeness (QED) is 0.360. The Morgan fingerprint density at radius 1 is 1.24 bits per heavy atom. The van der Waals surface area contributed by atoms with Crippen molar-refractivity contribution in [2.75, 3.05) is 12.0 Å². The van der Waals surface area contributed by atoms with Gasteiger partial charge >= 0.3 is 0 Å². The van der Waals surface area contributed by atoms with Gasteiger partial charge in [0.1, 0.15) is 9.79 Å². The standard InChI is InChI=1S/C17H16ClN7O6S2/c18-13-5-14-17(6-16(13)32(19,28)29)33(30,31)24(10-20-14)9-12-8-23(22-21-12)7-11-3-1-2-4-15(11)25(26)27/h1-6,8,20H,7,9-10H2,(H2,19,28,29). The number of primary sulfonamides is 1. The summed E-state index contributed by atoms with van der Waals surface area (Å²) in [5.74, 6) is 0. The molecule has 2 aromatic carbocycles. The first-order valence-electron chi connectivity index (χ1n) is 9.18. The molecule has 3 N–H and O–H groups in total. The third-order valence-electron chi connectivity index (χ3n) is 4.85. The van der Waals surface area contributed by atoms with Crippen LogP contribution in [-0.2, 0) is 33.1 Å². The van der Waals surface area contributed by atoms with Gasteiger partial charge in [-0.25, -0.2) is 26.7 Å². The van der Waals surface area contributed by atoms with Gasteiger partial charge in [0.2, 0.25) is 20.0 Å². The van der Waals surface area contributed by atoms with E-state index >= 15 is 0 Å². The lowest BCUT2D eigenvalue weighted by atomic mass is 10.2. The predicted molar refractivity (Wildman–Crippen MR) is 116 cm³/mol. The van der Waals surface area contributed by atoms with Crippen LogP contribution in [0.15, 0.2) is 52.4 Å². The van der Waals surface area contributed by atoms with Crippen LogP contribution < -0.4 is 10.5 Å². The number of rotatable bonds is 6. The maximum atomic E-state index is 13.1. The molecule has 4 rings (SSSR count). The lowest BCUT2D eigenvalue weighted by molar-refractivity contribution is -0.385. The number of anilines is 1. The number of nitro benzene ring substituents is 1. The first kappa shape index (κ1) is 23.1. The molecule has 1 aromatic heterocycles. The number of nitrogens with zero attached hydrogens (tertiary/aromatic N) is 5. The molecule has 0 aliphatic carbocycles. The van der Waals surface area contributed by atoms with Crippen LogP contribution in [-0.4, -0.2) is 47.7 Å². The van der Waals surface area contributed by atoms with E-state index in [0.29, 0.717) is 5.56 Å². The van der Waals surface area contributed by atoms with Crippen molar-refractivity contribution in [1.82, 2.24) is 19.3 Å². The van der Waals surface area contributed by atoms with E-state index in [2.05, 4.69) is 15.6 Å². The molecule has 0 spiro atoms. The summed E-state index contributed by atoms with van der Waals surface area (Å²) >= 11 is 5.93. The Balaban J connectivity index is 1.59. The normalized spacial score (nSPS) is 15.6. The number of sulfonamides is 2. The molecule has 0 radical (unpaired) electrons. The minimum Gasteiger partial charge on any atom is -0.370 e. The topological polar surface area (TPSA) is 183 Å². The molecule has 1 aliphatic rings. The minimum absolute atomic E-state index is 0.0637. The van der Waals surface area contributed by atoms with Gasteiger partial charge in [-0.3, -0.25) is 10.1 Å². The van der Waals surface area contributed by atoms with Crippen LogP contribution in [0.5, 0.6) is 0 Å². The van der Waals surface area contributed by atoms with Crippen molar-refractivity contribution in [3.63, 3.8) is 0 Å². The number of nitrogens with two attached hydrogens (primary N) is 1. The number of fused-ring (bicyclic) bond motifs is 1. The zero-order valence-corrected chi connectivity index (χ0v) is 19.0. The number of hydrogen-bond donors (Lipinski definition) is 2. The summed E-state index contributed by atoms with van der Waals surface area (Å²) in [6, 6.07) is 8.27. The van der Waals surface area contributed by atoms with Gasteiger partial charge in [-0.15, -0.1) is 5.10 Å². The van der Waals surface area contributed by atoms with Crippen molar-refractivity contribution < 1.29 is 21.8 Å². The molecule has 13 nitrogen and oxygen atoms in total. The molecule has 0 fully saturated rings. The summed E-state index contributed by atoms with van der Waals surface area (Å²) in [6.07, 6.45) is 1.47. The number of nitro groups is 1. The van der Waals surface area contributed by atoms with Crippen LogP contribution in [0.2, 0.25) is 5.02 Å². The maximum Gasteiger partial charge on any atom is 0.274 e. The van der Waals surface area contributed by atoms with Crippen LogP contribution in [0.4, 0.5) is 11.4 Å². The summed E-state index contributed by atoms with van der Waals surface area (Å²) < 4.78 is 52.1. The van der Waals surface area contributed by atoms with Crippen molar-refractivity contribution >= 4 is 43.0 Å². The highest BCUT2D eigenvalue weighted by atomic mass is 35.5. The highest BCUT2D eigenvalue weighted by molar-refractivity contribution is 7.90. The van der Waals surface area contributed by atoms with Gasteiger partial charge in [0, 0.05) is 6.07 Å². The van der Waals surface area contributed by atoms with Crippen molar-refractivity contribution in [3.8, 4) is 0 Å². The molecule has 16 heteroatoms. The fraction of sp³-hybridized carbons (Fsp3) is 0.176. The molecule has 0 atom stereocenters. The molecule has 0 saturated carbocycles. The minimum atomic E-state index is -4.25. The number of hydrogen-bond acceptors (Lipinski definition) is 9. The van der Waals surface area contributed by atoms with Crippen molar-refractivity contribution in [3.05, 3.63) is 69.0 Å². The highest BCUT2D eigenvalue weighted by Gasteiger charge is 2.34. The van der Waals surface area contributed by atoms with E-state index in [0.717, 1.165) is 10.4 Å². The van der Waals surface area contributed by atoms with E-state index in [1.54, 1.807) is 18.2 Å². The van der Waals surface area contributed by atoms with Crippen LogP contribution in [0.3, 0.4) is 0 Å². The van der Waals surface area contributed by atoms with E-state index in [4.69, 9.17) is 16.7 Å². The van der Waals surface area contributed by atoms with Gasteiger partial charge in [-0.1, -0.05) is 35.0 Å². The summed E-state index contributed by atoms with van der Waals surface area (Å²) in [6.45, 7) is -0.245. The third kappa shape index (κ3) is 4.53. The Kier molecular flexibility index (Phi) is 5.83. The van der Waals surface area contributed by atoms with Crippen LogP contribution >= 0.6 is 11.6 Å². The lowest BCUT2D eigenvalue weighted by Gasteiger charge is -2.29.